The number of carbonyl (C=O) groups excluding carboxylic acids is 1. The molecule has 0 bridgehead atoms. The molecular formula is C16H15F2N3O4. The minimum Gasteiger partial charge on any atom is -0.434 e. The Morgan fingerprint density at radius 1 is 1.12 bits per heavy atom. The Morgan fingerprint density at radius 3 is 2.44 bits per heavy atom. The molecule has 0 unspecified atom stereocenters. The lowest BCUT2D eigenvalue weighted by Gasteiger charge is -2.11. The molecule has 0 aliphatic rings. The largest absolute Gasteiger partial charge is 0.434 e. The third-order valence-corrected chi connectivity index (χ3v) is 3.17. The second-order valence-corrected chi connectivity index (χ2v) is 4.86. The number of nitrogens with zero attached hydrogens (tertiary/aromatic N) is 1. The van der Waals surface area contributed by atoms with Crippen LogP contribution in [0.15, 0.2) is 48.5 Å². The quantitative estimate of drug-likeness (QED) is 0.433. The first kappa shape index (κ1) is 18.1. The summed E-state index contributed by atoms with van der Waals surface area (Å²) in [5.74, 6) is -0.736. The number of nitro benzene ring substituents is 1. The van der Waals surface area contributed by atoms with Crippen LogP contribution in [0, 0.1) is 10.1 Å². The van der Waals surface area contributed by atoms with Gasteiger partial charge in [-0.05, 0) is 24.3 Å². The van der Waals surface area contributed by atoms with E-state index in [0.717, 1.165) is 0 Å². The highest BCUT2D eigenvalue weighted by Crippen LogP contribution is 2.20. The smallest absolute Gasteiger partial charge is 0.387 e. The lowest BCUT2D eigenvalue weighted by molar-refractivity contribution is -0.384. The zero-order valence-corrected chi connectivity index (χ0v) is 12.9. The Labute approximate surface area is 141 Å². The van der Waals surface area contributed by atoms with E-state index in [9.17, 15) is 23.7 Å². The molecule has 0 spiro atoms. The van der Waals surface area contributed by atoms with E-state index in [0.29, 0.717) is 12.2 Å². The molecule has 0 aromatic heterocycles. The number of hydrogen-bond donors (Lipinski definition) is 2. The first-order chi connectivity index (χ1) is 12.0. The van der Waals surface area contributed by atoms with Crippen LogP contribution in [0.5, 0.6) is 5.75 Å². The Bertz CT molecular complexity index is 738. The van der Waals surface area contributed by atoms with Gasteiger partial charge >= 0.3 is 6.61 Å². The van der Waals surface area contributed by atoms with Crippen molar-refractivity contribution in [2.45, 2.75) is 6.61 Å². The predicted molar refractivity (Wildman–Crippen MR) is 87.0 cm³/mol. The van der Waals surface area contributed by atoms with E-state index >= 15 is 0 Å². The molecule has 0 radical (unpaired) electrons. The van der Waals surface area contributed by atoms with Gasteiger partial charge in [-0.2, -0.15) is 8.78 Å². The summed E-state index contributed by atoms with van der Waals surface area (Å²) in [4.78, 5) is 22.1. The summed E-state index contributed by atoms with van der Waals surface area (Å²) in [5.41, 5.74) is 0.647. The van der Waals surface area contributed by atoms with Crippen LogP contribution in [0.25, 0.3) is 0 Å². The fraction of sp³-hybridized carbons (Fsp3) is 0.188. The van der Waals surface area contributed by atoms with Gasteiger partial charge in [0.05, 0.1) is 10.5 Å². The molecule has 2 aromatic rings. The van der Waals surface area contributed by atoms with Gasteiger partial charge in [0.1, 0.15) is 5.75 Å². The zero-order chi connectivity index (χ0) is 18.2. The Balaban J connectivity index is 1.83. The first-order valence-corrected chi connectivity index (χ1v) is 7.27. The van der Waals surface area contributed by atoms with Crippen LogP contribution in [0.4, 0.5) is 20.2 Å². The summed E-state index contributed by atoms with van der Waals surface area (Å²) < 4.78 is 29.0. The number of halogens is 2. The third kappa shape index (κ3) is 5.41. The summed E-state index contributed by atoms with van der Waals surface area (Å²) in [6.45, 7) is -2.45. The molecule has 0 aliphatic carbocycles. The predicted octanol–water partition coefficient (Wildman–Crippen LogP) is 3.04. The highest BCUT2D eigenvalue weighted by Gasteiger charge is 2.14. The van der Waals surface area contributed by atoms with Crippen LogP contribution in [-0.4, -0.2) is 30.5 Å². The first-order valence-electron chi connectivity index (χ1n) is 7.27. The van der Waals surface area contributed by atoms with E-state index in [1.54, 1.807) is 18.2 Å². The van der Waals surface area contributed by atoms with E-state index in [2.05, 4.69) is 15.4 Å². The molecule has 0 saturated heterocycles. The highest BCUT2D eigenvalue weighted by molar-refractivity contribution is 5.96. The second kappa shape index (κ2) is 8.57. The monoisotopic (exact) mass is 351 g/mol. The van der Waals surface area contributed by atoms with Crippen molar-refractivity contribution in [1.82, 2.24) is 5.32 Å². The number of nitrogens with one attached hydrogen (secondary N) is 2. The molecule has 1 amide bonds. The standard InChI is InChI=1S/C16H15F2N3O4/c17-16(18)25-14-4-2-1-3-13(14)15(22)20-10-9-19-11-5-7-12(8-6-11)21(23)24/h1-8,16,19H,9-10H2,(H,20,22). The van der Waals surface area contributed by atoms with E-state index in [1.165, 1.54) is 30.3 Å². The number of hydrogen-bond acceptors (Lipinski definition) is 5. The summed E-state index contributed by atoms with van der Waals surface area (Å²) in [5, 5.41) is 16.1. The molecule has 25 heavy (non-hydrogen) atoms. The normalized spacial score (nSPS) is 10.4. The Kier molecular flexibility index (Phi) is 6.21. The molecule has 2 aromatic carbocycles. The van der Waals surface area contributed by atoms with Gasteiger partial charge in [-0.25, -0.2) is 0 Å². The van der Waals surface area contributed by atoms with E-state index < -0.39 is 17.4 Å². The summed E-state index contributed by atoms with van der Waals surface area (Å²) >= 11 is 0. The van der Waals surface area contributed by atoms with Crippen LogP contribution < -0.4 is 15.4 Å². The van der Waals surface area contributed by atoms with Gasteiger partial charge in [0, 0.05) is 30.9 Å². The third-order valence-electron chi connectivity index (χ3n) is 3.17. The van der Waals surface area contributed by atoms with Crippen molar-refractivity contribution in [2.24, 2.45) is 0 Å². The maximum absolute atomic E-state index is 12.3. The summed E-state index contributed by atoms with van der Waals surface area (Å²) in [7, 11) is 0. The minimum atomic E-state index is -3.02. The zero-order valence-electron chi connectivity index (χ0n) is 12.9. The number of anilines is 1. The van der Waals surface area contributed by atoms with Crippen molar-refractivity contribution in [3.05, 3.63) is 64.2 Å². The molecule has 0 aliphatic heterocycles. The molecule has 2 N–H and O–H groups in total. The van der Waals surface area contributed by atoms with Gasteiger partial charge < -0.3 is 15.4 Å². The molecule has 0 heterocycles. The lowest BCUT2D eigenvalue weighted by Crippen LogP contribution is -2.29. The molecule has 132 valence electrons. The van der Waals surface area contributed by atoms with Crippen LogP contribution in [0.1, 0.15) is 10.4 Å². The number of ether oxygens (including phenoxy) is 1. The average Bonchev–Trinajstić information content (AvgIpc) is 2.59. The maximum atomic E-state index is 12.3. The van der Waals surface area contributed by atoms with Gasteiger partial charge in [0.2, 0.25) is 0 Å². The summed E-state index contributed by atoms with van der Waals surface area (Å²) in [6.07, 6.45) is 0. The SMILES string of the molecule is O=C(NCCNc1ccc([N+](=O)[O-])cc1)c1ccccc1OC(F)F. The fourth-order valence-electron chi connectivity index (χ4n) is 2.03. The van der Waals surface area contributed by atoms with Crippen molar-refractivity contribution in [3.8, 4) is 5.75 Å². The number of alkyl halides is 2. The van der Waals surface area contributed by atoms with Gasteiger partial charge in [0.15, 0.2) is 0 Å². The molecule has 0 fully saturated rings. The minimum absolute atomic E-state index is 0.0122. The van der Waals surface area contributed by atoms with Gasteiger partial charge in [-0.15, -0.1) is 0 Å². The fourth-order valence-corrected chi connectivity index (χ4v) is 2.03. The average molecular weight is 351 g/mol. The number of non-ortho nitro benzene ring substituents is 1. The van der Waals surface area contributed by atoms with Gasteiger partial charge in [0.25, 0.3) is 11.6 Å². The van der Waals surface area contributed by atoms with Crippen molar-refractivity contribution in [3.63, 3.8) is 0 Å². The molecular weight excluding hydrogens is 336 g/mol. The molecule has 0 saturated carbocycles. The number of carbonyl (C=O) groups is 1. The van der Waals surface area contributed by atoms with Gasteiger partial charge in [-0.3, -0.25) is 14.9 Å². The molecule has 0 atom stereocenters. The number of benzene rings is 2. The Hall–Kier alpha value is -3.23. The number of amides is 1. The van der Waals surface area contributed by atoms with E-state index in [1.807, 2.05) is 0 Å². The van der Waals surface area contributed by atoms with Crippen LogP contribution in [-0.2, 0) is 0 Å². The number of rotatable bonds is 8. The van der Waals surface area contributed by atoms with Crippen LogP contribution >= 0.6 is 0 Å². The molecule has 7 nitrogen and oxygen atoms in total. The highest BCUT2D eigenvalue weighted by atomic mass is 19.3. The topological polar surface area (TPSA) is 93.5 Å². The Morgan fingerprint density at radius 2 is 1.80 bits per heavy atom. The second-order valence-electron chi connectivity index (χ2n) is 4.86. The van der Waals surface area contributed by atoms with Crippen molar-refractivity contribution in [1.29, 1.82) is 0 Å². The lowest BCUT2D eigenvalue weighted by atomic mass is 10.2. The number of nitro groups is 1. The van der Waals surface area contributed by atoms with Crippen molar-refractivity contribution in [2.75, 3.05) is 18.4 Å². The summed E-state index contributed by atoms with van der Waals surface area (Å²) in [6, 6.07) is 11.5. The van der Waals surface area contributed by atoms with Crippen molar-refractivity contribution >= 4 is 17.3 Å². The molecule has 2 rings (SSSR count). The van der Waals surface area contributed by atoms with Gasteiger partial charge in [-0.1, -0.05) is 12.1 Å². The van der Waals surface area contributed by atoms with E-state index in [-0.39, 0.29) is 23.5 Å². The maximum Gasteiger partial charge on any atom is 0.387 e. The van der Waals surface area contributed by atoms with Crippen LogP contribution in [0.3, 0.4) is 0 Å². The van der Waals surface area contributed by atoms with Crippen molar-refractivity contribution < 1.29 is 23.2 Å². The van der Waals surface area contributed by atoms with Crippen LogP contribution in [0.2, 0.25) is 0 Å². The molecule has 9 heteroatoms. The number of para-hydroxylation sites is 1. The van der Waals surface area contributed by atoms with E-state index in [4.69, 9.17) is 0 Å².